The van der Waals surface area contributed by atoms with Crippen molar-refractivity contribution in [2.24, 2.45) is 0 Å². The molecule has 2 aromatic rings. The van der Waals surface area contributed by atoms with Crippen LogP contribution in [-0.2, 0) is 6.61 Å². The van der Waals surface area contributed by atoms with Crippen LogP contribution in [0.5, 0.6) is 5.75 Å². The first-order valence-electron chi connectivity index (χ1n) is 5.50. The van der Waals surface area contributed by atoms with Gasteiger partial charge in [-0.05, 0) is 24.6 Å². The van der Waals surface area contributed by atoms with E-state index >= 15 is 0 Å². The fraction of sp³-hybridized carbons (Fsp3) is 0.143. The molecule has 0 aliphatic rings. The van der Waals surface area contributed by atoms with Gasteiger partial charge in [-0.15, -0.1) is 0 Å². The Morgan fingerprint density at radius 2 is 1.94 bits per heavy atom. The lowest BCUT2D eigenvalue weighted by atomic mass is 10.2. The van der Waals surface area contributed by atoms with Gasteiger partial charge in [0.25, 0.3) is 0 Å². The van der Waals surface area contributed by atoms with E-state index in [-0.39, 0.29) is 12.2 Å². The Morgan fingerprint density at radius 3 is 2.72 bits per heavy atom. The smallest absolute Gasteiger partial charge is 0.165 e. The highest BCUT2D eigenvalue weighted by molar-refractivity contribution is 5.48. The molecule has 0 bridgehead atoms. The van der Waals surface area contributed by atoms with Gasteiger partial charge in [0.2, 0.25) is 0 Å². The lowest BCUT2D eigenvalue weighted by Crippen LogP contribution is -2.01. The fourth-order valence-corrected chi connectivity index (χ4v) is 1.59. The van der Waals surface area contributed by atoms with E-state index in [9.17, 15) is 8.78 Å². The predicted molar refractivity (Wildman–Crippen MR) is 66.3 cm³/mol. The third kappa shape index (κ3) is 2.59. The zero-order chi connectivity index (χ0) is 13.1. The van der Waals surface area contributed by atoms with Gasteiger partial charge < -0.3 is 10.5 Å². The summed E-state index contributed by atoms with van der Waals surface area (Å²) < 4.78 is 31.9. The Labute approximate surface area is 104 Å². The monoisotopic (exact) mass is 249 g/mol. The summed E-state index contributed by atoms with van der Waals surface area (Å²) in [6.45, 7) is 1.82. The molecule has 2 nitrogen and oxygen atoms in total. The van der Waals surface area contributed by atoms with Gasteiger partial charge >= 0.3 is 0 Å². The first-order chi connectivity index (χ1) is 8.58. The van der Waals surface area contributed by atoms with Crippen molar-refractivity contribution in [3.63, 3.8) is 0 Å². The summed E-state index contributed by atoms with van der Waals surface area (Å²) in [7, 11) is 0. The van der Waals surface area contributed by atoms with Crippen LogP contribution in [-0.4, -0.2) is 0 Å². The van der Waals surface area contributed by atoms with Crippen LogP contribution in [0.2, 0.25) is 0 Å². The highest BCUT2D eigenvalue weighted by Gasteiger charge is 2.08. The maximum atomic E-state index is 13.4. The molecule has 0 radical (unpaired) electrons. The molecule has 0 saturated carbocycles. The number of rotatable bonds is 3. The van der Waals surface area contributed by atoms with Crippen LogP contribution in [0.3, 0.4) is 0 Å². The Bertz CT molecular complexity index is 568. The van der Waals surface area contributed by atoms with Crippen LogP contribution >= 0.6 is 0 Å². The van der Waals surface area contributed by atoms with Gasteiger partial charge in [0.05, 0.1) is 0 Å². The summed E-state index contributed by atoms with van der Waals surface area (Å²) >= 11 is 0. The van der Waals surface area contributed by atoms with Crippen molar-refractivity contribution in [2.75, 3.05) is 5.73 Å². The van der Waals surface area contributed by atoms with Crippen LogP contribution in [0.15, 0.2) is 36.4 Å². The summed E-state index contributed by atoms with van der Waals surface area (Å²) in [4.78, 5) is 0. The first-order valence-corrected chi connectivity index (χ1v) is 5.50. The minimum atomic E-state index is -0.876. The molecule has 4 heteroatoms. The second kappa shape index (κ2) is 5.04. The van der Waals surface area contributed by atoms with Gasteiger partial charge in [0, 0.05) is 17.3 Å². The predicted octanol–water partition coefficient (Wildman–Crippen LogP) is 3.43. The normalized spacial score (nSPS) is 10.4. The molecule has 0 aliphatic carbocycles. The Morgan fingerprint density at radius 1 is 1.17 bits per heavy atom. The van der Waals surface area contributed by atoms with E-state index in [0.29, 0.717) is 11.4 Å². The number of halogens is 2. The first kappa shape index (κ1) is 12.4. The van der Waals surface area contributed by atoms with Crippen molar-refractivity contribution >= 4 is 5.69 Å². The second-order valence-corrected chi connectivity index (χ2v) is 4.03. The SMILES string of the molecule is Cc1ccc(N)cc1OCc1cccc(F)c1F. The molecule has 2 N–H and O–H groups in total. The van der Waals surface area contributed by atoms with Crippen molar-refractivity contribution in [3.8, 4) is 5.75 Å². The van der Waals surface area contributed by atoms with E-state index in [0.717, 1.165) is 11.6 Å². The van der Waals surface area contributed by atoms with Crippen LogP contribution in [0.1, 0.15) is 11.1 Å². The van der Waals surface area contributed by atoms with Crippen molar-refractivity contribution < 1.29 is 13.5 Å². The number of aryl methyl sites for hydroxylation is 1. The third-order valence-corrected chi connectivity index (χ3v) is 2.63. The number of anilines is 1. The lowest BCUT2D eigenvalue weighted by molar-refractivity contribution is 0.295. The van der Waals surface area contributed by atoms with Crippen molar-refractivity contribution in [1.82, 2.24) is 0 Å². The van der Waals surface area contributed by atoms with Crippen LogP contribution in [0.25, 0.3) is 0 Å². The van der Waals surface area contributed by atoms with Crippen LogP contribution in [0, 0.1) is 18.6 Å². The molecule has 2 rings (SSSR count). The van der Waals surface area contributed by atoms with E-state index in [1.54, 1.807) is 12.1 Å². The topological polar surface area (TPSA) is 35.2 Å². The van der Waals surface area contributed by atoms with Crippen LogP contribution < -0.4 is 10.5 Å². The van der Waals surface area contributed by atoms with Gasteiger partial charge in [-0.25, -0.2) is 8.78 Å². The average Bonchev–Trinajstić information content (AvgIpc) is 2.35. The molecular formula is C14H13F2NO. The number of benzene rings is 2. The highest BCUT2D eigenvalue weighted by atomic mass is 19.2. The molecule has 0 heterocycles. The van der Waals surface area contributed by atoms with E-state index in [4.69, 9.17) is 10.5 Å². The molecule has 0 spiro atoms. The largest absolute Gasteiger partial charge is 0.488 e. The maximum Gasteiger partial charge on any atom is 0.165 e. The van der Waals surface area contributed by atoms with Gasteiger partial charge in [-0.3, -0.25) is 0 Å². The molecule has 94 valence electrons. The van der Waals surface area contributed by atoms with Gasteiger partial charge in [-0.1, -0.05) is 18.2 Å². The maximum absolute atomic E-state index is 13.4. The van der Waals surface area contributed by atoms with Crippen molar-refractivity contribution in [1.29, 1.82) is 0 Å². The number of nitrogen functional groups attached to an aromatic ring is 1. The zero-order valence-corrected chi connectivity index (χ0v) is 9.91. The summed E-state index contributed by atoms with van der Waals surface area (Å²) in [6.07, 6.45) is 0. The molecule has 0 saturated heterocycles. The van der Waals surface area contributed by atoms with Crippen molar-refractivity contribution in [3.05, 3.63) is 59.2 Å². The molecular weight excluding hydrogens is 236 g/mol. The average molecular weight is 249 g/mol. The minimum absolute atomic E-state index is 0.0338. The highest BCUT2D eigenvalue weighted by Crippen LogP contribution is 2.22. The van der Waals surface area contributed by atoms with E-state index in [1.165, 1.54) is 12.1 Å². The van der Waals surface area contributed by atoms with Crippen LogP contribution in [0.4, 0.5) is 14.5 Å². The summed E-state index contributed by atoms with van der Waals surface area (Å²) in [6, 6.07) is 9.23. The number of hydrogen-bond donors (Lipinski definition) is 1. The summed E-state index contributed by atoms with van der Waals surface area (Å²) in [5.74, 6) is -1.18. The zero-order valence-electron chi connectivity index (χ0n) is 9.91. The van der Waals surface area contributed by atoms with E-state index < -0.39 is 11.6 Å². The van der Waals surface area contributed by atoms with E-state index in [1.807, 2.05) is 13.0 Å². The standard InChI is InChI=1S/C14H13F2NO/c1-9-5-6-11(17)7-13(9)18-8-10-3-2-4-12(15)14(10)16/h2-7H,8,17H2,1H3. The Balaban J connectivity index is 2.16. The lowest BCUT2D eigenvalue weighted by Gasteiger charge is -2.10. The number of nitrogens with two attached hydrogens (primary N) is 1. The molecule has 2 aromatic carbocycles. The molecule has 0 aliphatic heterocycles. The summed E-state index contributed by atoms with van der Waals surface area (Å²) in [5.41, 5.74) is 7.27. The second-order valence-electron chi connectivity index (χ2n) is 4.03. The molecule has 0 atom stereocenters. The minimum Gasteiger partial charge on any atom is -0.488 e. The Hall–Kier alpha value is -2.10. The quantitative estimate of drug-likeness (QED) is 0.846. The summed E-state index contributed by atoms with van der Waals surface area (Å²) in [5, 5.41) is 0. The van der Waals surface area contributed by atoms with Crippen molar-refractivity contribution in [2.45, 2.75) is 13.5 Å². The van der Waals surface area contributed by atoms with Gasteiger partial charge in [0.15, 0.2) is 11.6 Å². The van der Waals surface area contributed by atoms with E-state index in [2.05, 4.69) is 0 Å². The molecule has 0 amide bonds. The number of hydrogen-bond acceptors (Lipinski definition) is 2. The fourth-order valence-electron chi connectivity index (χ4n) is 1.59. The van der Waals surface area contributed by atoms with Gasteiger partial charge in [-0.2, -0.15) is 0 Å². The Kier molecular flexibility index (Phi) is 3.46. The number of ether oxygens (including phenoxy) is 1. The molecule has 0 aromatic heterocycles. The third-order valence-electron chi connectivity index (χ3n) is 2.63. The molecule has 0 unspecified atom stereocenters. The van der Waals surface area contributed by atoms with Gasteiger partial charge in [0.1, 0.15) is 12.4 Å². The molecule has 18 heavy (non-hydrogen) atoms. The molecule has 0 fully saturated rings.